The summed E-state index contributed by atoms with van der Waals surface area (Å²) in [5.41, 5.74) is 15.2. The van der Waals surface area contributed by atoms with Crippen LogP contribution in [0.1, 0.15) is 17.8 Å². The topological polar surface area (TPSA) is 38.6 Å². The standard InChI is InChI=1S/C49H34N4O/c1-3-12-33(13-4-1)34-22-26-37(27-23-34)51(38-28-24-35(25-29-38)40-17-11-18-42-41-16-7-10-21-47(41)54-48(40)42)39-30-31-45-46(32-39)53-44-20-9-8-19-43(44)50-49(53)52(45)36-14-5-2-6-15-36/h1-7,9-18,20-32H,8,19H2. The molecule has 11 rings (SSSR count). The maximum absolute atomic E-state index is 6.42. The fourth-order valence-corrected chi connectivity index (χ4v) is 8.23. The van der Waals surface area contributed by atoms with Gasteiger partial charge in [-0.1, -0.05) is 115 Å². The normalized spacial score (nSPS) is 12.6. The van der Waals surface area contributed by atoms with Gasteiger partial charge in [-0.05, 0) is 96.3 Å². The maximum Gasteiger partial charge on any atom is 0.220 e. The second-order valence-electron chi connectivity index (χ2n) is 13.9. The predicted molar refractivity (Wildman–Crippen MR) is 222 cm³/mol. The van der Waals surface area contributed by atoms with Crippen molar-refractivity contribution in [2.45, 2.75) is 12.8 Å². The van der Waals surface area contributed by atoms with Crippen LogP contribution in [0.25, 0.3) is 72.8 Å². The third-order valence-electron chi connectivity index (χ3n) is 10.8. The Balaban J connectivity index is 1.08. The molecule has 0 saturated carbocycles. The third-order valence-corrected chi connectivity index (χ3v) is 10.8. The summed E-state index contributed by atoms with van der Waals surface area (Å²) < 4.78 is 11.0. The molecule has 7 aromatic carbocycles. The number of fused-ring (bicyclic) bond motifs is 8. The van der Waals surface area contributed by atoms with Crippen LogP contribution in [0, 0.1) is 0 Å². The Morgan fingerprint density at radius 1 is 0.556 bits per heavy atom. The molecule has 256 valence electrons. The summed E-state index contributed by atoms with van der Waals surface area (Å²) in [7, 11) is 0. The highest BCUT2D eigenvalue weighted by molar-refractivity contribution is 6.09. The first-order valence-electron chi connectivity index (χ1n) is 18.5. The van der Waals surface area contributed by atoms with E-state index >= 15 is 0 Å². The lowest BCUT2D eigenvalue weighted by molar-refractivity contribution is 0.670. The second kappa shape index (κ2) is 12.2. The largest absolute Gasteiger partial charge is 0.455 e. The SMILES string of the molecule is C1=Cc2c(nc3n(-c4ccccc4)c4ccc(N(c5ccc(-c6ccccc6)cc5)c5ccc(-c6cccc7c6oc6ccccc67)cc5)cc4n23)CC1. The van der Waals surface area contributed by atoms with Gasteiger partial charge in [-0.15, -0.1) is 0 Å². The van der Waals surface area contributed by atoms with E-state index in [-0.39, 0.29) is 0 Å². The van der Waals surface area contributed by atoms with E-state index in [1.807, 2.05) is 12.1 Å². The average Bonchev–Trinajstić information content (AvgIpc) is 3.91. The van der Waals surface area contributed by atoms with E-state index in [0.29, 0.717) is 0 Å². The molecule has 10 aromatic rings. The predicted octanol–water partition coefficient (Wildman–Crippen LogP) is 12.9. The van der Waals surface area contributed by atoms with Gasteiger partial charge in [0.15, 0.2) is 0 Å². The molecule has 3 heterocycles. The van der Waals surface area contributed by atoms with Crippen molar-refractivity contribution in [2.24, 2.45) is 0 Å². The Hall–Kier alpha value is -7.11. The highest BCUT2D eigenvalue weighted by Crippen LogP contribution is 2.41. The molecular weight excluding hydrogens is 661 g/mol. The first-order chi connectivity index (χ1) is 26.8. The van der Waals surface area contributed by atoms with Crippen LogP contribution < -0.4 is 4.90 Å². The zero-order valence-corrected chi connectivity index (χ0v) is 29.4. The lowest BCUT2D eigenvalue weighted by atomic mass is 10.0. The number of rotatable bonds is 6. The van der Waals surface area contributed by atoms with Crippen LogP contribution in [0.5, 0.6) is 0 Å². The molecule has 0 spiro atoms. The van der Waals surface area contributed by atoms with Crippen LogP contribution in [-0.2, 0) is 6.42 Å². The molecule has 0 radical (unpaired) electrons. The number of nitrogens with zero attached hydrogens (tertiary/aromatic N) is 4. The summed E-state index contributed by atoms with van der Waals surface area (Å²) >= 11 is 0. The molecule has 0 unspecified atom stereocenters. The summed E-state index contributed by atoms with van der Waals surface area (Å²) in [6, 6.07) is 60.3. The lowest BCUT2D eigenvalue weighted by Crippen LogP contribution is -2.10. The first kappa shape index (κ1) is 30.5. The third kappa shape index (κ3) is 4.82. The van der Waals surface area contributed by atoms with Gasteiger partial charge in [0.05, 0.1) is 22.4 Å². The molecule has 3 aromatic heterocycles. The molecule has 1 aliphatic rings. The lowest BCUT2D eigenvalue weighted by Gasteiger charge is -2.26. The van der Waals surface area contributed by atoms with Crippen molar-refractivity contribution in [3.8, 4) is 27.9 Å². The molecule has 0 saturated heterocycles. The number of benzene rings is 7. The van der Waals surface area contributed by atoms with Crippen molar-refractivity contribution < 1.29 is 4.42 Å². The molecule has 0 aliphatic heterocycles. The van der Waals surface area contributed by atoms with Gasteiger partial charge in [-0.3, -0.25) is 8.97 Å². The van der Waals surface area contributed by atoms with Crippen molar-refractivity contribution in [1.29, 1.82) is 0 Å². The number of hydrogen-bond acceptors (Lipinski definition) is 3. The summed E-state index contributed by atoms with van der Waals surface area (Å²) in [4.78, 5) is 7.58. The Bertz CT molecular complexity index is 3020. The number of furan rings is 1. The van der Waals surface area contributed by atoms with Gasteiger partial charge in [-0.25, -0.2) is 4.98 Å². The van der Waals surface area contributed by atoms with Crippen LogP contribution in [0.4, 0.5) is 17.1 Å². The Labute approximate surface area is 312 Å². The number of hydrogen-bond donors (Lipinski definition) is 0. The molecule has 0 amide bonds. The van der Waals surface area contributed by atoms with Crippen molar-refractivity contribution in [2.75, 3.05) is 4.90 Å². The number of aryl methyl sites for hydroxylation is 1. The van der Waals surface area contributed by atoms with E-state index in [1.54, 1.807) is 0 Å². The van der Waals surface area contributed by atoms with Gasteiger partial charge in [-0.2, -0.15) is 0 Å². The highest BCUT2D eigenvalue weighted by Gasteiger charge is 2.23. The summed E-state index contributed by atoms with van der Waals surface area (Å²) in [5.74, 6) is 0.938. The molecular formula is C49H34N4O. The Kier molecular flexibility index (Phi) is 6.92. The van der Waals surface area contributed by atoms with E-state index in [2.05, 4.69) is 184 Å². The van der Waals surface area contributed by atoms with Crippen LogP contribution >= 0.6 is 0 Å². The van der Waals surface area contributed by atoms with Crippen LogP contribution in [-0.4, -0.2) is 14.0 Å². The molecule has 54 heavy (non-hydrogen) atoms. The van der Waals surface area contributed by atoms with Gasteiger partial charge in [0.1, 0.15) is 11.2 Å². The van der Waals surface area contributed by atoms with E-state index in [4.69, 9.17) is 9.40 Å². The van der Waals surface area contributed by atoms with Crippen LogP contribution in [0.3, 0.4) is 0 Å². The van der Waals surface area contributed by atoms with E-state index < -0.39 is 0 Å². The number of para-hydroxylation sites is 3. The van der Waals surface area contributed by atoms with Crippen molar-refractivity contribution >= 4 is 61.9 Å². The molecule has 0 N–H and O–H groups in total. The van der Waals surface area contributed by atoms with Crippen molar-refractivity contribution in [1.82, 2.24) is 14.0 Å². The molecule has 1 aliphatic carbocycles. The number of anilines is 3. The Morgan fingerprint density at radius 2 is 1.22 bits per heavy atom. The molecule has 0 bridgehead atoms. The van der Waals surface area contributed by atoms with Gasteiger partial charge >= 0.3 is 0 Å². The minimum absolute atomic E-state index is 0.905. The summed E-state index contributed by atoms with van der Waals surface area (Å²) in [5, 5.41) is 2.27. The molecule has 0 atom stereocenters. The van der Waals surface area contributed by atoms with Crippen LogP contribution in [0.15, 0.2) is 180 Å². The molecule has 5 heteroatoms. The molecule has 5 nitrogen and oxygen atoms in total. The Morgan fingerprint density at radius 3 is 2.02 bits per heavy atom. The summed E-state index contributed by atoms with van der Waals surface area (Å²) in [6.07, 6.45) is 6.45. The maximum atomic E-state index is 6.42. The zero-order chi connectivity index (χ0) is 35.6. The summed E-state index contributed by atoms with van der Waals surface area (Å²) in [6.45, 7) is 0. The van der Waals surface area contributed by atoms with Gasteiger partial charge in [0.25, 0.3) is 0 Å². The van der Waals surface area contributed by atoms with Gasteiger partial charge < -0.3 is 9.32 Å². The van der Waals surface area contributed by atoms with Crippen LogP contribution in [0.2, 0.25) is 0 Å². The number of aromatic nitrogens is 3. The smallest absolute Gasteiger partial charge is 0.220 e. The van der Waals surface area contributed by atoms with E-state index in [0.717, 1.165) is 96.9 Å². The number of imidazole rings is 2. The monoisotopic (exact) mass is 694 g/mol. The van der Waals surface area contributed by atoms with E-state index in [9.17, 15) is 0 Å². The quantitative estimate of drug-likeness (QED) is 0.174. The first-order valence-corrected chi connectivity index (χ1v) is 18.5. The highest BCUT2D eigenvalue weighted by atomic mass is 16.3. The fourth-order valence-electron chi connectivity index (χ4n) is 8.23. The fraction of sp³-hybridized carbons (Fsp3) is 0.0408. The second-order valence-corrected chi connectivity index (χ2v) is 13.9. The van der Waals surface area contributed by atoms with E-state index in [1.165, 1.54) is 11.1 Å². The minimum atomic E-state index is 0.905. The average molecular weight is 695 g/mol. The number of allylic oxidation sites excluding steroid dienone is 1. The van der Waals surface area contributed by atoms with Gasteiger partial charge in [0, 0.05) is 39.1 Å². The van der Waals surface area contributed by atoms with Crippen molar-refractivity contribution in [3.63, 3.8) is 0 Å². The van der Waals surface area contributed by atoms with Gasteiger partial charge in [0.2, 0.25) is 5.78 Å². The minimum Gasteiger partial charge on any atom is -0.455 e. The molecule has 0 fully saturated rings. The van der Waals surface area contributed by atoms with Crippen molar-refractivity contribution in [3.05, 3.63) is 187 Å². The zero-order valence-electron chi connectivity index (χ0n) is 29.4.